The van der Waals surface area contributed by atoms with Gasteiger partial charge in [0, 0.05) is 17.3 Å². The van der Waals surface area contributed by atoms with Crippen LogP contribution in [0.4, 0.5) is 0 Å². The smallest absolute Gasteiger partial charge is 0.162 e. The number of furan rings is 1. The maximum Gasteiger partial charge on any atom is 0.162 e. The Bertz CT molecular complexity index is 529. The fraction of sp³-hybridized carbons (Fsp3) is 0.462. The molecule has 0 aromatic carbocycles. The Morgan fingerprint density at radius 2 is 2.41 bits per heavy atom. The highest BCUT2D eigenvalue weighted by atomic mass is 32.1. The predicted octanol–water partition coefficient (Wildman–Crippen LogP) is 3.30. The van der Waals surface area contributed by atoms with Gasteiger partial charge in [-0.3, -0.25) is 0 Å². The standard InChI is InChI=1S/C13H16N2OS/c1-2-8-6-7-10(16-8)13-15-12-9(14)4-3-5-11(12)17-13/h6-7,9H,2-5,14H2,1H3. The Morgan fingerprint density at radius 3 is 3.12 bits per heavy atom. The molecule has 1 aliphatic carbocycles. The van der Waals surface area contributed by atoms with E-state index in [1.807, 2.05) is 12.1 Å². The van der Waals surface area contributed by atoms with Gasteiger partial charge in [-0.1, -0.05) is 6.92 Å². The van der Waals surface area contributed by atoms with Crippen LogP contribution in [0.1, 0.15) is 42.1 Å². The van der Waals surface area contributed by atoms with E-state index in [-0.39, 0.29) is 6.04 Å². The van der Waals surface area contributed by atoms with Crippen LogP contribution in [0.15, 0.2) is 16.5 Å². The van der Waals surface area contributed by atoms with Crippen molar-refractivity contribution >= 4 is 11.3 Å². The zero-order valence-corrected chi connectivity index (χ0v) is 10.7. The van der Waals surface area contributed by atoms with Crippen molar-refractivity contribution in [2.45, 2.75) is 38.6 Å². The van der Waals surface area contributed by atoms with E-state index < -0.39 is 0 Å². The van der Waals surface area contributed by atoms with E-state index in [0.29, 0.717) is 0 Å². The van der Waals surface area contributed by atoms with Gasteiger partial charge in [0.15, 0.2) is 10.8 Å². The summed E-state index contributed by atoms with van der Waals surface area (Å²) in [6.07, 6.45) is 4.26. The quantitative estimate of drug-likeness (QED) is 0.887. The van der Waals surface area contributed by atoms with Crippen molar-refractivity contribution in [3.05, 3.63) is 28.5 Å². The summed E-state index contributed by atoms with van der Waals surface area (Å²) in [6.45, 7) is 2.09. The second kappa shape index (κ2) is 4.27. The molecule has 1 atom stereocenters. The molecule has 3 nitrogen and oxygen atoms in total. The van der Waals surface area contributed by atoms with Crippen LogP contribution in [0.2, 0.25) is 0 Å². The molecule has 0 aliphatic heterocycles. The van der Waals surface area contributed by atoms with Crippen molar-refractivity contribution in [1.29, 1.82) is 0 Å². The summed E-state index contributed by atoms with van der Waals surface area (Å²) in [5, 5.41) is 0.979. The number of nitrogens with two attached hydrogens (primary N) is 1. The number of nitrogens with zero attached hydrogens (tertiary/aromatic N) is 1. The molecular formula is C13H16N2OS. The van der Waals surface area contributed by atoms with Crippen molar-refractivity contribution < 1.29 is 4.42 Å². The summed E-state index contributed by atoms with van der Waals surface area (Å²) in [6, 6.07) is 4.15. The van der Waals surface area contributed by atoms with Crippen molar-refractivity contribution in [3.63, 3.8) is 0 Å². The topological polar surface area (TPSA) is 52.0 Å². The second-order valence-electron chi connectivity index (χ2n) is 4.45. The maximum absolute atomic E-state index is 6.08. The summed E-state index contributed by atoms with van der Waals surface area (Å²) in [5.74, 6) is 1.89. The molecule has 90 valence electrons. The van der Waals surface area contributed by atoms with Gasteiger partial charge < -0.3 is 10.2 Å². The van der Waals surface area contributed by atoms with Crippen molar-refractivity contribution in [3.8, 4) is 10.8 Å². The highest BCUT2D eigenvalue weighted by Gasteiger charge is 2.23. The number of rotatable bonds is 2. The van der Waals surface area contributed by atoms with Crippen LogP contribution in [0.3, 0.4) is 0 Å². The molecule has 0 spiro atoms. The predicted molar refractivity (Wildman–Crippen MR) is 69.1 cm³/mol. The van der Waals surface area contributed by atoms with Gasteiger partial charge in [0.1, 0.15) is 5.76 Å². The average Bonchev–Trinajstić information content (AvgIpc) is 2.95. The summed E-state index contributed by atoms with van der Waals surface area (Å²) >= 11 is 1.73. The lowest BCUT2D eigenvalue weighted by atomic mass is 9.99. The largest absolute Gasteiger partial charge is 0.459 e. The van der Waals surface area contributed by atoms with Crippen LogP contribution in [-0.2, 0) is 12.8 Å². The minimum absolute atomic E-state index is 0.115. The summed E-state index contributed by atoms with van der Waals surface area (Å²) in [5.41, 5.74) is 7.17. The first-order valence-electron chi connectivity index (χ1n) is 6.12. The molecule has 4 heteroatoms. The molecule has 2 heterocycles. The zero-order valence-electron chi connectivity index (χ0n) is 9.90. The average molecular weight is 248 g/mol. The lowest BCUT2D eigenvalue weighted by molar-refractivity contribution is 0.527. The van der Waals surface area contributed by atoms with Crippen molar-refractivity contribution in [2.24, 2.45) is 5.73 Å². The molecular weight excluding hydrogens is 232 g/mol. The third kappa shape index (κ3) is 1.91. The van der Waals surface area contributed by atoms with Gasteiger partial charge >= 0.3 is 0 Å². The van der Waals surface area contributed by atoms with E-state index in [4.69, 9.17) is 10.2 Å². The number of thiazole rings is 1. The van der Waals surface area contributed by atoms with Crippen molar-refractivity contribution in [2.75, 3.05) is 0 Å². The Morgan fingerprint density at radius 1 is 1.53 bits per heavy atom. The molecule has 1 unspecified atom stereocenters. The van der Waals surface area contributed by atoms with Crippen LogP contribution in [0.25, 0.3) is 10.8 Å². The van der Waals surface area contributed by atoms with Crippen LogP contribution >= 0.6 is 11.3 Å². The van der Waals surface area contributed by atoms with Gasteiger partial charge in [0.05, 0.1) is 5.69 Å². The molecule has 2 aromatic rings. The Labute approximate surface area is 105 Å². The summed E-state index contributed by atoms with van der Waals surface area (Å²) in [4.78, 5) is 5.99. The van der Waals surface area contributed by atoms with Gasteiger partial charge in [-0.05, 0) is 31.4 Å². The molecule has 0 bridgehead atoms. The molecule has 0 saturated carbocycles. The normalized spacial score (nSPS) is 19.3. The number of aryl methyl sites for hydroxylation is 2. The SMILES string of the molecule is CCc1ccc(-c2nc3c(s2)CCCC3N)o1. The fourth-order valence-corrected chi connectivity index (χ4v) is 3.38. The van der Waals surface area contributed by atoms with E-state index in [1.54, 1.807) is 11.3 Å². The number of aromatic nitrogens is 1. The van der Waals surface area contributed by atoms with E-state index in [0.717, 1.165) is 41.5 Å². The Hall–Kier alpha value is -1.13. The third-order valence-corrected chi connectivity index (χ3v) is 4.36. The van der Waals surface area contributed by atoms with Gasteiger partial charge in [0.2, 0.25) is 0 Å². The monoisotopic (exact) mass is 248 g/mol. The van der Waals surface area contributed by atoms with Gasteiger partial charge in [0.25, 0.3) is 0 Å². The van der Waals surface area contributed by atoms with Gasteiger partial charge in [-0.2, -0.15) is 0 Å². The lowest BCUT2D eigenvalue weighted by Crippen LogP contribution is -2.16. The molecule has 0 saturated heterocycles. The molecule has 2 N–H and O–H groups in total. The second-order valence-corrected chi connectivity index (χ2v) is 5.53. The molecule has 0 fully saturated rings. The van der Waals surface area contributed by atoms with Crippen LogP contribution in [0.5, 0.6) is 0 Å². The molecule has 3 rings (SSSR count). The first kappa shape index (κ1) is 11.0. The molecule has 1 aliphatic rings. The molecule has 2 aromatic heterocycles. The maximum atomic E-state index is 6.08. The highest BCUT2D eigenvalue weighted by molar-refractivity contribution is 7.15. The van der Waals surface area contributed by atoms with E-state index in [2.05, 4.69) is 11.9 Å². The zero-order chi connectivity index (χ0) is 11.8. The van der Waals surface area contributed by atoms with Crippen molar-refractivity contribution in [1.82, 2.24) is 4.98 Å². The first-order valence-corrected chi connectivity index (χ1v) is 6.94. The summed E-state index contributed by atoms with van der Waals surface area (Å²) in [7, 11) is 0. The Kier molecular flexibility index (Phi) is 2.76. The van der Waals surface area contributed by atoms with E-state index in [9.17, 15) is 0 Å². The molecule has 0 amide bonds. The highest BCUT2D eigenvalue weighted by Crippen LogP contribution is 2.36. The minimum Gasteiger partial charge on any atom is -0.459 e. The minimum atomic E-state index is 0.115. The lowest BCUT2D eigenvalue weighted by Gasteiger charge is -2.15. The number of hydrogen-bond acceptors (Lipinski definition) is 4. The van der Waals surface area contributed by atoms with E-state index in [1.165, 1.54) is 11.3 Å². The summed E-state index contributed by atoms with van der Waals surface area (Å²) < 4.78 is 5.74. The Balaban J connectivity index is 1.98. The van der Waals surface area contributed by atoms with E-state index >= 15 is 0 Å². The third-order valence-electron chi connectivity index (χ3n) is 3.22. The number of hydrogen-bond donors (Lipinski definition) is 1. The molecule has 17 heavy (non-hydrogen) atoms. The first-order chi connectivity index (χ1) is 8.28. The van der Waals surface area contributed by atoms with Gasteiger partial charge in [-0.15, -0.1) is 11.3 Å². The molecule has 0 radical (unpaired) electrons. The number of fused-ring (bicyclic) bond motifs is 1. The van der Waals surface area contributed by atoms with Crippen LogP contribution in [-0.4, -0.2) is 4.98 Å². The van der Waals surface area contributed by atoms with Gasteiger partial charge in [-0.25, -0.2) is 4.98 Å². The fourth-order valence-electron chi connectivity index (χ4n) is 2.24. The van der Waals surface area contributed by atoms with Crippen LogP contribution in [0, 0.1) is 0 Å². The van der Waals surface area contributed by atoms with Crippen LogP contribution < -0.4 is 5.73 Å².